The highest BCUT2D eigenvalue weighted by Gasteiger charge is 2.40. The van der Waals surface area contributed by atoms with Crippen LogP contribution in [0.4, 0.5) is 0 Å². The predicted octanol–water partition coefficient (Wildman–Crippen LogP) is 2.18. The Kier molecular flexibility index (Phi) is 4.30. The molecule has 0 N–H and O–H groups in total. The summed E-state index contributed by atoms with van der Waals surface area (Å²) in [4.78, 5) is 28.2. The van der Waals surface area contributed by atoms with Crippen LogP contribution in [-0.4, -0.2) is 53.7 Å². The minimum atomic E-state index is -0.630. The number of halogens is 1. The van der Waals surface area contributed by atoms with Gasteiger partial charge in [-0.15, -0.1) is 0 Å². The van der Waals surface area contributed by atoms with E-state index in [1.165, 1.54) is 0 Å². The van der Waals surface area contributed by atoms with E-state index >= 15 is 0 Å². The number of carbonyl (C=O) groups excluding carboxylic acids is 2. The molecule has 0 atom stereocenters. The minimum absolute atomic E-state index is 0.0386. The standard InChI is InChI=1S/C15H19BrN2O2/c1-15(2)14(20)17(3)7-8-18(15)10-13(19)11-5-4-6-12(16)9-11/h4-6,9H,7-8,10H2,1-3H3. The van der Waals surface area contributed by atoms with Crippen molar-refractivity contribution >= 4 is 27.6 Å². The van der Waals surface area contributed by atoms with Crippen molar-refractivity contribution in [3.05, 3.63) is 34.3 Å². The van der Waals surface area contributed by atoms with Gasteiger partial charge in [-0.1, -0.05) is 28.1 Å². The van der Waals surface area contributed by atoms with Crippen LogP contribution in [0.5, 0.6) is 0 Å². The Morgan fingerprint density at radius 2 is 2.05 bits per heavy atom. The summed E-state index contributed by atoms with van der Waals surface area (Å²) in [7, 11) is 1.80. The zero-order valence-corrected chi connectivity index (χ0v) is 13.6. The van der Waals surface area contributed by atoms with Crippen molar-refractivity contribution in [2.45, 2.75) is 19.4 Å². The second-order valence-electron chi connectivity index (χ2n) is 5.64. The Balaban J connectivity index is 2.13. The number of rotatable bonds is 3. The van der Waals surface area contributed by atoms with E-state index in [1.807, 2.05) is 36.9 Å². The van der Waals surface area contributed by atoms with Gasteiger partial charge in [-0.05, 0) is 26.0 Å². The monoisotopic (exact) mass is 338 g/mol. The number of hydrogen-bond acceptors (Lipinski definition) is 3. The molecule has 20 heavy (non-hydrogen) atoms. The Morgan fingerprint density at radius 3 is 2.70 bits per heavy atom. The molecule has 0 aromatic heterocycles. The Bertz CT molecular complexity index is 542. The summed E-state index contributed by atoms with van der Waals surface area (Å²) in [6, 6.07) is 7.35. The van der Waals surface area contributed by atoms with Gasteiger partial charge in [0.05, 0.1) is 12.1 Å². The van der Waals surface area contributed by atoms with Gasteiger partial charge in [-0.2, -0.15) is 0 Å². The van der Waals surface area contributed by atoms with E-state index < -0.39 is 5.54 Å². The van der Waals surface area contributed by atoms with E-state index in [9.17, 15) is 9.59 Å². The van der Waals surface area contributed by atoms with Crippen LogP contribution >= 0.6 is 15.9 Å². The lowest BCUT2D eigenvalue weighted by atomic mass is 9.96. The number of amides is 1. The van der Waals surface area contributed by atoms with Crippen molar-refractivity contribution < 1.29 is 9.59 Å². The SMILES string of the molecule is CN1CCN(CC(=O)c2cccc(Br)c2)C(C)(C)C1=O. The number of hydrogen-bond donors (Lipinski definition) is 0. The fourth-order valence-corrected chi connectivity index (χ4v) is 2.86. The molecular weight excluding hydrogens is 320 g/mol. The summed E-state index contributed by atoms with van der Waals surface area (Å²) in [5, 5.41) is 0. The summed E-state index contributed by atoms with van der Waals surface area (Å²) in [6.45, 7) is 5.39. The number of piperazine rings is 1. The molecule has 0 bridgehead atoms. The maximum absolute atomic E-state index is 12.4. The summed E-state index contributed by atoms with van der Waals surface area (Å²) in [5.41, 5.74) is 0.0378. The van der Waals surface area contributed by atoms with Crippen LogP contribution in [0.15, 0.2) is 28.7 Å². The number of benzene rings is 1. The first kappa shape index (κ1) is 15.2. The molecule has 5 heteroatoms. The van der Waals surface area contributed by atoms with Gasteiger partial charge in [0.1, 0.15) is 0 Å². The van der Waals surface area contributed by atoms with E-state index in [0.717, 1.165) is 11.0 Å². The maximum Gasteiger partial charge on any atom is 0.242 e. The quantitative estimate of drug-likeness (QED) is 0.793. The number of ketones is 1. The zero-order valence-electron chi connectivity index (χ0n) is 12.0. The first-order valence-electron chi connectivity index (χ1n) is 6.62. The van der Waals surface area contributed by atoms with Crippen LogP contribution in [-0.2, 0) is 4.79 Å². The Hall–Kier alpha value is -1.20. The number of carbonyl (C=O) groups is 2. The zero-order chi connectivity index (χ0) is 14.9. The predicted molar refractivity (Wildman–Crippen MR) is 81.8 cm³/mol. The van der Waals surface area contributed by atoms with Crippen molar-refractivity contribution in [3.63, 3.8) is 0 Å². The number of nitrogens with zero attached hydrogens (tertiary/aromatic N) is 2. The van der Waals surface area contributed by atoms with E-state index in [4.69, 9.17) is 0 Å². The van der Waals surface area contributed by atoms with Gasteiger partial charge < -0.3 is 4.90 Å². The third kappa shape index (κ3) is 2.94. The van der Waals surface area contributed by atoms with Crippen molar-refractivity contribution in [2.75, 3.05) is 26.7 Å². The first-order valence-corrected chi connectivity index (χ1v) is 7.41. The largest absolute Gasteiger partial charge is 0.343 e. The molecule has 1 heterocycles. The molecule has 1 amide bonds. The molecule has 1 aromatic carbocycles. The highest BCUT2D eigenvalue weighted by atomic mass is 79.9. The molecular formula is C15H19BrN2O2. The van der Waals surface area contributed by atoms with E-state index in [2.05, 4.69) is 15.9 Å². The van der Waals surface area contributed by atoms with E-state index in [0.29, 0.717) is 12.1 Å². The summed E-state index contributed by atoms with van der Waals surface area (Å²) in [6.07, 6.45) is 0. The molecule has 1 saturated heterocycles. The molecule has 2 rings (SSSR count). The van der Waals surface area contributed by atoms with Crippen molar-refractivity contribution in [1.29, 1.82) is 0 Å². The highest BCUT2D eigenvalue weighted by Crippen LogP contribution is 2.22. The van der Waals surface area contributed by atoms with Gasteiger partial charge in [-0.25, -0.2) is 0 Å². The summed E-state index contributed by atoms with van der Waals surface area (Å²) < 4.78 is 0.886. The average Bonchev–Trinajstić information content (AvgIpc) is 2.40. The average molecular weight is 339 g/mol. The highest BCUT2D eigenvalue weighted by molar-refractivity contribution is 9.10. The minimum Gasteiger partial charge on any atom is -0.343 e. The van der Waals surface area contributed by atoms with Crippen molar-refractivity contribution in [3.8, 4) is 0 Å². The second kappa shape index (κ2) is 5.66. The molecule has 1 fully saturated rings. The van der Waals surface area contributed by atoms with E-state index in [-0.39, 0.29) is 18.2 Å². The molecule has 0 aliphatic carbocycles. The second-order valence-corrected chi connectivity index (χ2v) is 6.56. The van der Waals surface area contributed by atoms with Crippen LogP contribution in [0.2, 0.25) is 0 Å². The normalized spacial score (nSPS) is 19.2. The lowest BCUT2D eigenvalue weighted by molar-refractivity contribution is -0.146. The van der Waals surface area contributed by atoms with Gasteiger partial charge in [0, 0.05) is 30.2 Å². The molecule has 1 aromatic rings. The third-order valence-corrected chi connectivity index (χ3v) is 4.34. The fourth-order valence-electron chi connectivity index (χ4n) is 2.46. The van der Waals surface area contributed by atoms with Crippen molar-refractivity contribution in [1.82, 2.24) is 9.80 Å². The Morgan fingerprint density at radius 1 is 1.35 bits per heavy atom. The summed E-state index contributed by atoms with van der Waals surface area (Å²) >= 11 is 3.37. The number of likely N-dealkylation sites (N-methyl/N-ethyl adjacent to an activating group) is 1. The maximum atomic E-state index is 12.4. The Labute approximate surface area is 127 Å². The van der Waals surface area contributed by atoms with Gasteiger partial charge in [0.25, 0.3) is 0 Å². The van der Waals surface area contributed by atoms with Crippen molar-refractivity contribution in [2.24, 2.45) is 0 Å². The molecule has 108 valence electrons. The smallest absolute Gasteiger partial charge is 0.242 e. The van der Waals surface area contributed by atoms with Gasteiger partial charge in [-0.3, -0.25) is 14.5 Å². The first-order chi connectivity index (χ1) is 9.32. The molecule has 4 nitrogen and oxygen atoms in total. The molecule has 0 spiro atoms. The van der Waals surface area contributed by atoms with Gasteiger partial charge in [0.2, 0.25) is 5.91 Å². The lowest BCUT2D eigenvalue weighted by Gasteiger charge is -2.44. The molecule has 1 aliphatic rings. The molecule has 1 aliphatic heterocycles. The lowest BCUT2D eigenvalue weighted by Crippen LogP contribution is -2.62. The van der Waals surface area contributed by atoms with Gasteiger partial charge in [0.15, 0.2) is 5.78 Å². The van der Waals surface area contributed by atoms with Crippen LogP contribution in [0.1, 0.15) is 24.2 Å². The molecule has 0 saturated carbocycles. The third-order valence-electron chi connectivity index (χ3n) is 3.85. The molecule has 0 unspecified atom stereocenters. The topological polar surface area (TPSA) is 40.6 Å². The van der Waals surface area contributed by atoms with E-state index in [1.54, 1.807) is 18.0 Å². The van der Waals surface area contributed by atoms with Crippen LogP contribution in [0, 0.1) is 0 Å². The van der Waals surface area contributed by atoms with Gasteiger partial charge >= 0.3 is 0 Å². The van der Waals surface area contributed by atoms with Crippen LogP contribution < -0.4 is 0 Å². The summed E-state index contributed by atoms with van der Waals surface area (Å²) in [5.74, 6) is 0.0996. The number of Topliss-reactive ketones (excluding diaryl/α,β-unsaturated/α-hetero) is 1. The fraction of sp³-hybridized carbons (Fsp3) is 0.467. The van der Waals surface area contributed by atoms with Crippen LogP contribution in [0.25, 0.3) is 0 Å². The molecule has 0 radical (unpaired) electrons. The van der Waals surface area contributed by atoms with Crippen LogP contribution in [0.3, 0.4) is 0 Å².